The molecule has 0 aromatic heterocycles. The van der Waals surface area contributed by atoms with E-state index < -0.39 is 10.2 Å². The van der Waals surface area contributed by atoms with E-state index in [2.05, 4.69) is 5.32 Å². The van der Waals surface area contributed by atoms with E-state index in [1.165, 1.54) is 17.1 Å². The summed E-state index contributed by atoms with van der Waals surface area (Å²) in [5, 5.41) is 3.10. The van der Waals surface area contributed by atoms with Crippen molar-refractivity contribution in [1.29, 1.82) is 0 Å². The Morgan fingerprint density at radius 1 is 1.29 bits per heavy atom. The molecule has 1 aliphatic carbocycles. The van der Waals surface area contributed by atoms with Gasteiger partial charge in [-0.3, -0.25) is 0 Å². The van der Waals surface area contributed by atoms with Gasteiger partial charge in [-0.2, -0.15) is 17.0 Å². The van der Waals surface area contributed by atoms with Crippen molar-refractivity contribution < 1.29 is 13.2 Å². The number of piperidine rings is 1. The molecule has 0 spiro atoms. The zero-order chi connectivity index (χ0) is 15.3. The first-order valence-electron chi connectivity index (χ1n) is 8.01. The third kappa shape index (κ3) is 4.89. The van der Waals surface area contributed by atoms with E-state index >= 15 is 0 Å². The second-order valence-electron chi connectivity index (χ2n) is 6.17. The van der Waals surface area contributed by atoms with Gasteiger partial charge in [0, 0.05) is 39.3 Å². The molecule has 1 heterocycles. The summed E-state index contributed by atoms with van der Waals surface area (Å²) in [6.07, 6.45) is 5.51. The SMILES string of the molecule is CNCC1CCCCN1S(=O)(=O)N(C)CCOCC1CC1. The van der Waals surface area contributed by atoms with Crippen molar-refractivity contribution in [2.75, 3.05) is 46.9 Å². The molecule has 2 aliphatic rings. The highest BCUT2D eigenvalue weighted by Crippen LogP contribution is 2.28. The first-order chi connectivity index (χ1) is 10.1. The minimum atomic E-state index is -3.37. The summed E-state index contributed by atoms with van der Waals surface area (Å²) in [4.78, 5) is 0. The Balaban J connectivity index is 1.84. The standard InChI is InChI=1S/C14H29N3O3S/c1-15-11-14-5-3-4-8-17(14)21(18,19)16(2)9-10-20-12-13-6-7-13/h13-15H,3-12H2,1-2H3. The predicted octanol–water partition coefficient (Wildman–Crippen LogP) is 0.664. The van der Waals surface area contributed by atoms with Crippen LogP contribution in [-0.4, -0.2) is 70.0 Å². The van der Waals surface area contributed by atoms with Crippen LogP contribution < -0.4 is 5.32 Å². The second-order valence-corrected chi connectivity index (χ2v) is 8.15. The lowest BCUT2D eigenvalue weighted by atomic mass is 10.1. The predicted molar refractivity (Wildman–Crippen MR) is 83.4 cm³/mol. The molecule has 0 aromatic rings. The van der Waals surface area contributed by atoms with Crippen LogP contribution in [0.1, 0.15) is 32.1 Å². The fourth-order valence-electron chi connectivity index (χ4n) is 2.74. The second kappa shape index (κ2) is 7.87. The third-order valence-electron chi connectivity index (χ3n) is 4.30. The molecule has 1 saturated carbocycles. The van der Waals surface area contributed by atoms with Gasteiger partial charge in [-0.1, -0.05) is 6.42 Å². The van der Waals surface area contributed by atoms with Crippen molar-refractivity contribution >= 4 is 10.2 Å². The van der Waals surface area contributed by atoms with Gasteiger partial charge in [0.25, 0.3) is 10.2 Å². The Labute approximate surface area is 129 Å². The van der Waals surface area contributed by atoms with E-state index in [-0.39, 0.29) is 6.04 Å². The van der Waals surface area contributed by atoms with E-state index in [1.807, 2.05) is 7.05 Å². The van der Waals surface area contributed by atoms with Crippen LogP contribution in [-0.2, 0) is 14.9 Å². The molecule has 0 amide bonds. The van der Waals surface area contributed by atoms with E-state index in [1.54, 1.807) is 11.4 Å². The molecular weight excluding hydrogens is 290 g/mol. The quantitative estimate of drug-likeness (QED) is 0.634. The van der Waals surface area contributed by atoms with Gasteiger partial charge in [0.2, 0.25) is 0 Å². The highest BCUT2D eigenvalue weighted by molar-refractivity contribution is 7.86. The molecule has 1 N–H and O–H groups in total. The lowest BCUT2D eigenvalue weighted by Crippen LogP contribution is -2.52. The van der Waals surface area contributed by atoms with E-state index in [9.17, 15) is 8.42 Å². The third-order valence-corrected chi connectivity index (χ3v) is 6.35. The van der Waals surface area contributed by atoms with Crippen molar-refractivity contribution in [2.45, 2.75) is 38.1 Å². The summed E-state index contributed by atoms with van der Waals surface area (Å²) >= 11 is 0. The lowest BCUT2D eigenvalue weighted by molar-refractivity contribution is 0.115. The first-order valence-corrected chi connectivity index (χ1v) is 9.41. The van der Waals surface area contributed by atoms with Crippen LogP contribution in [0.15, 0.2) is 0 Å². The maximum atomic E-state index is 12.7. The summed E-state index contributed by atoms with van der Waals surface area (Å²) in [5.41, 5.74) is 0. The molecular formula is C14H29N3O3S. The number of ether oxygens (including phenoxy) is 1. The van der Waals surface area contributed by atoms with Gasteiger partial charge >= 0.3 is 0 Å². The summed E-state index contributed by atoms with van der Waals surface area (Å²) < 4.78 is 34.0. The van der Waals surface area contributed by atoms with E-state index in [0.717, 1.165) is 25.9 Å². The fraction of sp³-hybridized carbons (Fsp3) is 1.00. The van der Waals surface area contributed by atoms with Gasteiger partial charge in [-0.25, -0.2) is 0 Å². The van der Waals surface area contributed by atoms with Crippen molar-refractivity contribution in [3.05, 3.63) is 0 Å². The number of hydrogen-bond acceptors (Lipinski definition) is 4. The van der Waals surface area contributed by atoms with Crippen LogP contribution in [0.3, 0.4) is 0 Å². The number of nitrogens with zero attached hydrogens (tertiary/aromatic N) is 2. The zero-order valence-electron chi connectivity index (χ0n) is 13.3. The van der Waals surface area contributed by atoms with Crippen molar-refractivity contribution in [2.24, 2.45) is 5.92 Å². The zero-order valence-corrected chi connectivity index (χ0v) is 14.1. The minimum absolute atomic E-state index is 0.0728. The number of nitrogens with one attached hydrogen (secondary N) is 1. The number of hydrogen-bond donors (Lipinski definition) is 1. The molecule has 21 heavy (non-hydrogen) atoms. The average Bonchev–Trinajstić information content (AvgIpc) is 3.28. The minimum Gasteiger partial charge on any atom is -0.380 e. The molecule has 0 radical (unpaired) electrons. The van der Waals surface area contributed by atoms with Crippen molar-refractivity contribution in [1.82, 2.24) is 13.9 Å². The van der Waals surface area contributed by atoms with E-state index in [0.29, 0.717) is 32.2 Å². The normalized spacial score (nSPS) is 24.6. The van der Waals surface area contributed by atoms with Gasteiger partial charge in [0.1, 0.15) is 0 Å². The Morgan fingerprint density at radius 3 is 2.71 bits per heavy atom. The highest BCUT2D eigenvalue weighted by atomic mass is 32.2. The fourth-order valence-corrected chi connectivity index (χ4v) is 4.32. The van der Waals surface area contributed by atoms with Crippen LogP contribution in [0.4, 0.5) is 0 Å². The van der Waals surface area contributed by atoms with Gasteiger partial charge in [0.05, 0.1) is 6.61 Å². The molecule has 1 atom stereocenters. The van der Waals surface area contributed by atoms with Gasteiger partial charge in [-0.15, -0.1) is 0 Å². The van der Waals surface area contributed by atoms with Gasteiger partial charge in [0.15, 0.2) is 0 Å². The Bertz CT molecular complexity index is 410. The van der Waals surface area contributed by atoms with Crippen LogP contribution in [0.25, 0.3) is 0 Å². The molecule has 0 aromatic carbocycles. The Hall–Kier alpha value is -0.210. The maximum absolute atomic E-state index is 12.7. The molecule has 0 bridgehead atoms. The molecule has 2 rings (SSSR count). The van der Waals surface area contributed by atoms with Crippen LogP contribution >= 0.6 is 0 Å². The summed E-state index contributed by atoms with van der Waals surface area (Å²) in [6.45, 7) is 3.03. The topological polar surface area (TPSA) is 61.9 Å². The van der Waals surface area contributed by atoms with Gasteiger partial charge < -0.3 is 10.1 Å². The summed E-state index contributed by atoms with van der Waals surface area (Å²) in [5.74, 6) is 0.717. The molecule has 1 saturated heterocycles. The van der Waals surface area contributed by atoms with Crippen LogP contribution in [0.5, 0.6) is 0 Å². The molecule has 6 nitrogen and oxygen atoms in total. The van der Waals surface area contributed by atoms with Gasteiger partial charge in [-0.05, 0) is 38.6 Å². The monoisotopic (exact) mass is 319 g/mol. The molecule has 7 heteroatoms. The van der Waals surface area contributed by atoms with Crippen molar-refractivity contribution in [3.8, 4) is 0 Å². The van der Waals surface area contributed by atoms with E-state index in [4.69, 9.17) is 4.74 Å². The lowest BCUT2D eigenvalue weighted by Gasteiger charge is -2.36. The largest absolute Gasteiger partial charge is 0.380 e. The number of likely N-dealkylation sites (N-methyl/N-ethyl adjacent to an activating group) is 2. The Kier molecular flexibility index (Phi) is 6.43. The van der Waals surface area contributed by atoms with Crippen LogP contribution in [0, 0.1) is 5.92 Å². The van der Waals surface area contributed by atoms with Crippen LogP contribution in [0.2, 0.25) is 0 Å². The average molecular weight is 319 g/mol. The molecule has 2 fully saturated rings. The molecule has 124 valence electrons. The molecule has 1 aliphatic heterocycles. The highest BCUT2D eigenvalue weighted by Gasteiger charge is 2.34. The maximum Gasteiger partial charge on any atom is 0.282 e. The summed E-state index contributed by atoms with van der Waals surface area (Å²) in [7, 11) is 0.152. The summed E-state index contributed by atoms with van der Waals surface area (Å²) in [6, 6.07) is 0.0728. The van der Waals surface area contributed by atoms with Crippen molar-refractivity contribution in [3.63, 3.8) is 0 Å². The molecule has 1 unspecified atom stereocenters. The smallest absolute Gasteiger partial charge is 0.282 e. The Morgan fingerprint density at radius 2 is 2.05 bits per heavy atom. The number of rotatable bonds is 9. The first kappa shape index (κ1) is 17.1.